The third-order valence-electron chi connectivity index (χ3n) is 11.3. The molecule has 4 aliphatic heterocycles. The van der Waals surface area contributed by atoms with Crippen molar-refractivity contribution in [1.82, 2.24) is 4.90 Å². The van der Waals surface area contributed by atoms with E-state index in [2.05, 4.69) is 13.0 Å². The van der Waals surface area contributed by atoms with Crippen molar-refractivity contribution in [3.05, 3.63) is 11.6 Å². The van der Waals surface area contributed by atoms with Crippen molar-refractivity contribution in [3.8, 4) is 0 Å². The Hall–Kier alpha value is -1.93. The second-order valence-corrected chi connectivity index (χ2v) is 14.8. The minimum absolute atomic E-state index is 0.111. The highest BCUT2D eigenvalue weighted by molar-refractivity contribution is 6.39. The molecule has 4 heterocycles. The molecule has 0 saturated carbocycles. The summed E-state index contributed by atoms with van der Waals surface area (Å²) in [5, 5.41) is 23.3. The number of allylic oxidation sites excluding steroid dienone is 1. The molecule has 2 N–H and O–H groups in total. The number of methoxy groups -OCH3 is 3. The molecule has 1 amide bonds. The van der Waals surface area contributed by atoms with Gasteiger partial charge in [0.05, 0.1) is 24.4 Å². The molecule has 12 heteroatoms. The van der Waals surface area contributed by atoms with E-state index in [0.717, 1.165) is 18.4 Å². The number of aliphatic hydroxyl groups is 2. The number of amides is 1. The molecular formula is C36H59NO11. The highest BCUT2D eigenvalue weighted by Gasteiger charge is 2.58. The van der Waals surface area contributed by atoms with Crippen molar-refractivity contribution in [1.29, 1.82) is 0 Å². The van der Waals surface area contributed by atoms with Gasteiger partial charge >= 0.3 is 5.97 Å². The van der Waals surface area contributed by atoms with Crippen LogP contribution in [0.1, 0.15) is 92.9 Å². The van der Waals surface area contributed by atoms with E-state index in [4.69, 9.17) is 28.4 Å². The lowest BCUT2D eigenvalue weighted by atomic mass is 9.82. The first-order valence-electron chi connectivity index (χ1n) is 17.7. The molecule has 4 bridgehead atoms. The first kappa shape index (κ1) is 38.9. The fraction of sp³-hybridized carbons (Fsp3) is 0.861. The summed E-state index contributed by atoms with van der Waals surface area (Å²) in [6, 6.07) is -1.04. The Morgan fingerprint density at radius 2 is 1.67 bits per heavy atom. The zero-order valence-corrected chi connectivity index (χ0v) is 30.3. The average molecular weight is 682 g/mol. The van der Waals surface area contributed by atoms with Crippen LogP contribution >= 0.6 is 0 Å². The van der Waals surface area contributed by atoms with Gasteiger partial charge in [-0.15, -0.1) is 0 Å². The third-order valence-corrected chi connectivity index (χ3v) is 11.3. The molecule has 0 aromatic rings. The van der Waals surface area contributed by atoms with Crippen molar-refractivity contribution in [2.75, 3.05) is 27.9 Å². The van der Waals surface area contributed by atoms with Crippen molar-refractivity contribution in [3.63, 3.8) is 0 Å². The molecule has 13 atom stereocenters. The molecule has 0 aromatic heterocycles. The Morgan fingerprint density at radius 3 is 2.29 bits per heavy atom. The number of piperidine rings is 1. The maximum absolute atomic E-state index is 14.0. The summed E-state index contributed by atoms with van der Waals surface area (Å²) >= 11 is 0. The van der Waals surface area contributed by atoms with Crippen LogP contribution in [0.15, 0.2) is 11.6 Å². The molecule has 3 saturated heterocycles. The second-order valence-electron chi connectivity index (χ2n) is 14.8. The topological polar surface area (TPSA) is 150 Å². The number of carbonyl (C=O) groups is 3. The lowest BCUT2D eigenvalue weighted by molar-refractivity contribution is -0.302. The van der Waals surface area contributed by atoms with Gasteiger partial charge in [0.25, 0.3) is 11.7 Å². The van der Waals surface area contributed by atoms with Gasteiger partial charge in [-0.2, -0.15) is 0 Å². The Labute approximate surface area is 285 Å². The number of hydrogen-bond donors (Lipinski definition) is 2. The summed E-state index contributed by atoms with van der Waals surface area (Å²) in [5.41, 5.74) is 1.11. The van der Waals surface area contributed by atoms with Gasteiger partial charge in [-0.1, -0.05) is 39.3 Å². The summed E-state index contributed by atoms with van der Waals surface area (Å²) in [6.45, 7) is 11.6. The van der Waals surface area contributed by atoms with Gasteiger partial charge in [-0.05, 0) is 64.7 Å². The summed E-state index contributed by atoms with van der Waals surface area (Å²) in [6.07, 6.45) is 2.29. The highest BCUT2D eigenvalue weighted by atomic mass is 16.7. The van der Waals surface area contributed by atoms with E-state index in [1.807, 2.05) is 20.8 Å². The van der Waals surface area contributed by atoms with E-state index in [0.29, 0.717) is 32.1 Å². The van der Waals surface area contributed by atoms with E-state index >= 15 is 0 Å². The minimum Gasteiger partial charge on any atom is -0.455 e. The van der Waals surface area contributed by atoms with Crippen LogP contribution in [0.4, 0.5) is 0 Å². The van der Waals surface area contributed by atoms with Crippen molar-refractivity contribution >= 4 is 17.7 Å². The Kier molecular flexibility index (Phi) is 12.9. The number of Topliss-reactive ketones (excluding diaryl/α,β-unsaturated/α-hetero) is 1. The number of aliphatic hydroxyl groups excluding tert-OH is 1. The fourth-order valence-electron chi connectivity index (χ4n) is 8.30. The second kappa shape index (κ2) is 16.0. The fourth-order valence-corrected chi connectivity index (χ4v) is 8.30. The van der Waals surface area contributed by atoms with Crippen molar-refractivity contribution in [2.45, 2.75) is 147 Å². The Bertz CT molecular complexity index is 1180. The normalized spacial score (nSPS) is 45.1. The number of fused-ring (bicyclic) bond motifs is 5. The smallest absolute Gasteiger partial charge is 0.329 e. The van der Waals surface area contributed by atoms with Crippen LogP contribution in [0.25, 0.3) is 0 Å². The number of hydrogen-bond acceptors (Lipinski definition) is 11. The number of ketones is 1. The van der Waals surface area contributed by atoms with Gasteiger partial charge in [0.2, 0.25) is 11.6 Å². The first-order chi connectivity index (χ1) is 22.6. The standard InChI is InChI=1S/C36H59NO11/c1-10-24-16-20(2)15-21(3)17-28(43-7)30-29(44-8)18-22(4)36(42,48-30)31(39)33(40)37-14-12-11-13-25(37)34(41)46-32-23(5)27(19-26(24)38)47-35(32,6)45-9/h16,21-30,32,38,42H,10-15,17-19H2,1-9H3/b20-16+/t21-,22+,23+,24+,25-,26+,27-,28-,29-,30+,32-,35?,36+/m0/s1. The monoisotopic (exact) mass is 681 g/mol. The molecular weight excluding hydrogens is 622 g/mol. The largest absolute Gasteiger partial charge is 0.455 e. The number of carbonyl (C=O) groups excluding carboxylic acids is 3. The Morgan fingerprint density at radius 1 is 1.00 bits per heavy atom. The van der Waals surface area contributed by atoms with Gasteiger partial charge in [0, 0.05) is 52.0 Å². The van der Waals surface area contributed by atoms with Gasteiger partial charge in [0.15, 0.2) is 6.10 Å². The predicted octanol–water partition coefficient (Wildman–Crippen LogP) is 3.54. The van der Waals surface area contributed by atoms with Gasteiger partial charge in [-0.25, -0.2) is 4.79 Å². The van der Waals surface area contributed by atoms with Gasteiger partial charge in [-0.3, -0.25) is 9.59 Å². The molecule has 3 fully saturated rings. The van der Waals surface area contributed by atoms with E-state index in [1.165, 1.54) is 12.0 Å². The predicted molar refractivity (Wildman–Crippen MR) is 175 cm³/mol. The van der Waals surface area contributed by atoms with E-state index in [-0.39, 0.29) is 30.7 Å². The third kappa shape index (κ3) is 7.85. The first-order valence-corrected chi connectivity index (χ1v) is 17.7. The molecule has 0 spiro atoms. The zero-order valence-electron chi connectivity index (χ0n) is 30.3. The lowest BCUT2D eigenvalue weighted by Crippen LogP contribution is -2.64. The Balaban J connectivity index is 1.75. The SMILES string of the molecule is CC[C@@H]1/C=C(\C)C[C@H](C)C[C@H](OC)[C@H]2O[C@@](O)(C(=O)C(=O)N3CCCC[C@H]3C(=O)O[C@H]3[C@H](C)[C@H](C[C@H]1O)OC3(C)OC)[C@H](C)C[C@@H]2OC. The molecule has 0 aromatic carbocycles. The maximum Gasteiger partial charge on any atom is 0.329 e. The number of esters is 1. The maximum atomic E-state index is 14.0. The minimum atomic E-state index is -2.45. The molecule has 0 radical (unpaired) electrons. The van der Waals surface area contributed by atoms with Crippen LogP contribution in [0, 0.1) is 23.7 Å². The summed E-state index contributed by atoms with van der Waals surface area (Å²) in [7, 11) is 4.59. The van der Waals surface area contributed by atoms with Crippen LogP contribution < -0.4 is 0 Å². The molecule has 274 valence electrons. The quantitative estimate of drug-likeness (QED) is 0.255. The average Bonchev–Trinajstić information content (AvgIpc) is 3.30. The number of ether oxygens (including phenoxy) is 6. The van der Waals surface area contributed by atoms with Crippen LogP contribution in [0.2, 0.25) is 0 Å². The van der Waals surface area contributed by atoms with E-state index in [9.17, 15) is 24.6 Å². The molecule has 4 rings (SSSR count). The molecule has 48 heavy (non-hydrogen) atoms. The number of nitrogens with zero attached hydrogens (tertiary/aromatic N) is 1. The summed E-state index contributed by atoms with van der Waals surface area (Å²) in [4.78, 5) is 43.1. The van der Waals surface area contributed by atoms with Crippen LogP contribution in [-0.4, -0.2) is 115 Å². The van der Waals surface area contributed by atoms with Crippen molar-refractivity contribution in [2.24, 2.45) is 23.7 Å². The van der Waals surface area contributed by atoms with E-state index in [1.54, 1.807) is 28.1 Å². The van der Waals surface area contributed by atoms with E-state index < -0.39 is 77.8 Å². The van der Waals surface area contributed by atoms with Crippen LogP contribution in [0.3, 0.4) is 0 Å². The van der Waals surface area contributed by atoms with Gasteiger partial charge < -0.3 is 43.5 Å². The highest BCUT2D eigenvalue weighted by Crippen LogP contribution is 2.42. The number of rotatable bonds is 4. The molecule has 0 aliphatic carbocycles. The molecule has 4 aliphatic rings. The molecule has 12 nitrogen and oxygen atoms in total. The van der Waals surface area contributed by atoms with Gasteiger partial charge in [0.1, 0.15) is 12.1 Å². The lowest BCUT2D eigenvalue weighted by Gasteiger charge is -2.47. The summed E-state index contributed by atoms with van der Waals surface area (Å²) < 4.78 is 36.1. The van der Waals surface area contributed by atoms with Crippen molar-refractivity contribution < 1.29 is 53.0 Å². The van der Waals surface area contributed by atoms with Crippen LogP contribution in [-0.2, 0) is 42.8 Å². The zero-order chi connectivity index (χ0) is 35.6. The summed E-state index contributed by atoms with van der Waals surface area (Å²) in [5.74, 6) is -7.66. The van der Waals surface area contributed by atoms with Crippen LogP contribution in [0.5, 0.6) is 0 Å². The molecule has 1 unspecified atom stereocenters.